The quantitative estimate of drug-likeness (QED) is 0.697. The van der Waals surface area contributed by atoms with E-state index in [0.29, 0.717) is 18.2 Å². The fourth-order valence-corrected chi connectivity index (χ4v) is 3.75. The van der Waals surface area contributed by atoms with Crippen LogP contribution in [0.5, 0.6) is 5.75 Å². The molecular formula is C21H25FN2O3. The van der Waals surface area contributed by atoms with Crippen LogP contribution in [-0.2, 0) is 6.42 Å². The van der Waals surface area contributed by atoms with E-state index < -0.39 is 0 Å². The van der Waals surface area contributed by atoms with Crippen LogP contribution in [0.15, 0.2) is 42.6 Å². The molecule has 27 heavy (non-hydrogen) atoms. The second-order valence-corrected chi connectivity index (χ2v) is 7.24. The van der Waals surface area contributed by atoms with Crippen molar-refractivity contribution in [3.63, 3.8) is 0 Å². The Balaban J connectivity index is 1.49. The van der Waals surface area contributed by atoms with Crippen molar-refractivity contribution >= 4 is 5.78 Å². The van der Waals surface area contributed by atoms with Gasteiger partial charge >= 0.3 is 0 Å². The number of halogens is 1. The molecule has 1 fully saturated rings. The molecular weight excluding hydrogens is 347 g/mol. The number of ketones is 1. The SMILES string of the molecule is O=C(CN1C[C@@H](CCCc2ccc(F)cc2)[C@@H](CO)C1)c1ccc(O)cn1. The van der Waals surface area contributed by atoms with Crippen molar-refractivity contribution in [2.75, 3.05) is 26.2 Å². The van der Waals surface area contributed by atoms with Gasteiger partial charge in [-0.15, -0.1) is 0 Å². The van der Waals surface area contributed by atoms with Crippen molar-refractivity contribution < 1.29 is 19.4 Å². The van der Waals surface area contributed by atoms with Crippen molar-refractivity contribution in [1.29, 1.82) is 0 Å². The normalized spacial score (nSPS) is 20.1. The molecule has 1 aliphatic heterocycles. The first-order valence-electron chi connectivity index (χ1n) is 9.31. The first-order chi connectivity index (χ1) is 13.0. The highest BCUT2D eigenvalue weighted by Gasteiger charge is 2.32. The fourth-order valence-electron chi connectivity index (χ4n) is 3.75. The van der Waals surface area contributed by atoms with Crippen LogP contribution < -0.4 is 0 Å². The smallest absolute Gasteiger partial charge is 0.195 e. The van der Waals surface area contributed by atoms with E-state index >= 15 is 0 Å². The number of carbonyl (C=O) groups excluding carboxylic acids is 1. The first-order valence-corrected chi connectivity index (χ1v) is 9.31. The van der Waals surface area contributed by atoms with Crippen molar-refractivity contribution in [2.24, 2.45) is 11.8 Å². The van der Waals surface area contributed by atoms with Crippen molar-refractivity contribution in [1.82, 2.24) is 9.88 Å². The average Bonchev–Trinajstić information content (AvgIpc) is 3.05. The van der Waals surface area contributed by atoms with E-state index in [2.05, 4.69) is 9.88 Å². The molecule has 1 aromatic heterocycles. The van der Waals surface area contributed by atoms with Crippen LogP contribution in [0.3, 0.4) is 0 Å². The van der Waals surface area contributed by atoms with Crippen LogP contribution in [0.2, 0.25) is 0 Å². The average molecular weight is 372 g/mol. The minimum atomic E-state index is -0.224. The van der Waals surface area contributed by atoms with Gasteiger partial charge in [-0.3, -0.25) is 9.69 Å². The number of rotatable bonds is 8. The van der Waals surface area contributed by atoms with Gasteiger partial charge in [-0.1, -0.05) is 12.1 Å². The number of hydrogen-bond donors (Lipinski definition) is 2. The summed E-state index contributed by atoms with van der Waals surface area (Å²) in [6.07, 6.45) is 4.08. The Morgan fingerprint density at radius 2 is 1.89 bits per heavy atom. The van der Waals surface area contributed by atoms with E-state index in [-0.39, 0.29) is 36.4 Å². The topological polar surface area (TPSA) is 73.7 Å². The molecule has 2 heterocycles. The molecule has 1 aliphatic rings. The van der Waals surface area contributed by atoms with Crippen LogP contribution in [0.25, 0.3) is 0 Å². The Hall–Kier alpha value is -2.31. The maximum atomic E-state index is 13.0. The van der Waals surface area contributed by atoms with E-state index in [1.165, 1.54) is 30.5 Å². The molecule has 0 saturated carbocycles. The van der Waals surface area contributed by atoms with Gasteiger partial charge in [0.2, 0.25) is 0 Å². The lowest BCUT2D eigenvalue weighted by molar-refractivity contribution is 0.0935. The van der Waals surface area contributed by atoms with Gasteiger partial charge in [0, 0.05) is 19.7 Å². The number of carbonyl (C=O) groups is 1. The maximum Gasteiger partial charge on any atom is 0.195 e. The zero-order valence-corrected chi connectivity index (χ0v) is 15.2. The van der Waals surface area contributed by atoms with Crippen LogP contribution in [0.4, 0.5) is 4.39 Å². The minimum Gasteiger partial charge on any atom is -0.506 e. The highest BCUT2D eigenvalue weighted by Crippen LogP contribution is 2.28. The van der Waals surface area contributed by atoms with Crippen LogP contribution in [0, 0.1) is 17.7 Å². The Bertz CT molecular complexity index is 749. The summed E-state index contributed by atoms with van der Waals surface area (Å²) in [7, 11) is 0. The molecule has 0 unspecified atom stereocenters. The monoisotopic (exact) mass is 372 g/mol. The number of nitrogens with zero attached hydrogens (tertiary/aromatic N) is 2. The van der Waals surface area contributed by atoms with Gasteiger partial charge in [0.25, 0.3) is 0 Å². The lowest BCUT2D eigenvalue weighted by Gasteiger charge is -2.16. The Kier molecular flexibility index (Phi) is 6.53. The van der Waals surface area contributed by atoms with Gasteiger partial charge in [0.1, 0.15) is 17.3 Å². The largest absolute Gasteiger partial charge is 0.506 e. The first kappa shape index (κ1) is 19.5. The molecule has 0 aliphatic carbocycles. The lowest BCUT2D eigenvalue weighted by atomic mass is 9.91. The van der Waals surface area contributed by atoms with Gasteiger partial charge in [-0.2, -0.15) is 0 Å². The third-order valence-corrected chi connectivity index (χ3v) is 5.24. The Morgan fingerprint density at radius 1 is 1.15 bits per heavy atom. The molecule has 1 saturated heterocycles. The summed E-state index contributed by atoms with van der Waals surface area (Å²) in [5.74, 6) is 0.237. The zero-order valence-electron chi connectivity index (χ0n) is 15.2. The summed E-state index contributed by atoms with van der Waals surface area (Å²) in [4.78, 5) is 18.4. The molecule has 6 heteroatoms. The predicted octanol–water partition coefficient (Wildman–Crippen LogP) is 2.67. The summed E-state index contributed by atoms with van der Waals surface area (Å²) < 4.78 is 13.0. The van der Waals surface area contributed by atoms with Gasteiger partial charge < -0.3 is 10.2 Å². The fraction of sp³-hybridized carbons (Fsp3) is 0.429. The van der Waals surface area contributed by atoms with Crippen LogP contribution in [-0.4, -0.2) is 52.1 Å². The number of benzene rings is 1. The molecule has 2 aromatic rings. The molecule has 0 radical (unpaired) electrons. The summed E-state index contributed by atoms with van der Waals surface area (Å²) >= 11 is 0. The third kappa shape index (κ3) is 5.34. The Morgan fingerprint density at radius 3 is 2.56 bits per heavy atom. The number of pyridine rings is 1. The number of likely N-dealkylation sites (tertiary alicyclic amines) is 1. The molecule has 0 spiro atoms. The van der Waals surface area contributed by atoms with Crippen LogP contribution >= 0.6 is 0 Å². The highest BCUT2D eigenvalue weighted by molar-refractivity contribution is 5.95. The number of aliphatic hydroxyl groups excluding tert-OH is 1. The molecule has 5 nitrogen and oxygen atoms in total. The van der Waals surface area contributed by atoms with E-state index in [4.69, 9.17) is 0 Å². The molecule has 1 aromatic carbocycles. The molecule has 3 rings (SSSR count). The zero-order chi connectivity index (χ0) is 19.2. The molecule has 2 atom stereocenters. The standard InChI is InChI=1S/C21H25FN2O3/c22-18-6-4-15(5-7-18)2-1-3-16-11-24(12-17(16)14-25)13-21(27)20-9-8-19(26)10-23-20/h4-10,16-17,25-26H,1-3,11-14H2/t16-,17-/m1/s1. The van der Waals surface area contributed by atoms with Crippen molar-refractivity contribution in [3.05, 3.63) is 59.7 Å². The second-order valence-electron chi connectivity index (χ2n) is 7.24. The minimum absolute atomic E-state index is 0.0364. The predicted molar refractivity (Wildman–Crippen MR) is 100 cm³/mol. The van der Waals surface area contributed by atoms with E-state index in [9.17, 15) is 19.4 Å². The lowest BCUT2D eigenvalue weighted by Crippen LogP contribution is -2.28. The van der Waals surface area contributed by atoms with Crippen LogP contribution in [0.1, 0.15) is 28.9 Å². The molecule has 0 bridgehead atoms. The van der Waals surface area contributed by atoms with Gasteiger partial charge in [-0.25, -0.2) is 9.37 Å². The molecule has 144 valence electrons. The van der Waals surface area contributed by atoms with Crippen molar-refractivity contribution in [2.45, 2.75) is 19.3 Å². The van der Waals surface area contributed by atoms with Gasteiger partial charge in [0.05, 0.1) is 12.7 Å². The number of aryl methyl sites for hydroxylation is 1. The second kappa shape index (κ2) is 9.06. The van der Waals surface area contributed by atoms with Gasteiger partial charge in [0.15, 0.2) is 5.78 Å². The van der Waals surface area contributed by atoms with Crippen molar-refractivity contribution in [3.8, 4) is 5.75 Å². The number of Topliss-reactive ketones (excluding diaryl/α,β-unsaturated/α-hetero) is 1. The number of aromatic hydroxyl groups is 1. The summed E-state index contributed by atoms with van der Waals surface area (Å²) in [5.41, 5.74) is 1.45. The third-order valence-electron chi connectivity index (χ3n) is 5.24. The molecule has 2 N–H and O–H groups in total. The summed E-state index contributed by atoms with van der Waals surface area (Å²) in [5, 5.41) is 19.0. The summed E-state index contributed by atoms with van der Waals surface area (Å²) in [6, 6.07) is 9.56. The maximum absolute atomic E-state index is 13.0. The van der Waals surface area contributed by atoms with E-state index in [0.717, 1.165) is 31.4 Å². The Labute approximate surface area is 158 Å². The highest BCUT2D eigenvalue weighted by atomic mass is 19.1. The van der Waals surface area contributed by atoms with E-state index in [1.807, 2.05) is 12.1 Å². The summed E-state index contributed by atoms with van der Waals surface area (Å²) in [6.45, 7) is 1.85. The van der Waals surface area contributed by atoms with E-state index in [1.54, 1.807) is 0 Å². The number of aliphatic hydroxyl groups is 1. The number of aromatic nitrogens is 1. The number of hydrogen-bond acceptors (Lipinski definition) is 5. The molecule has 0 amide bonds. The van der Waals surface area contributed by atoms with Gasteiger partial charge in [-0.05, 0) is 60.9 Å².